The Labute approximate surface area is 195 Å². The monoisotopic (exact) mass is 468 g/mol. The summed E-state index contributed by atoms with van der Waals surface area (Å²) in [6.07, 6.45) is 0.701. The molecule has 1 atom stereocenters. The molecule has 0 spiro atoms. The molecule has 1 aromatic heterocycles. The van der Waals surface area contributed by atoms with Gasteiger partial charge in [-0.3, -0.25) is 14.3 Å². The minimum atomic E-state index is -0.696. The molecule has 0 N–H and O–H groups in total. The number of hydrogen-bond acceptors (Lipinski definition) is 5. The summed E-state index contributed by atoms with van der Waals surface area (Å²) in [7, 11) is 0. The molecule has 0 radical (unpaired) electrons. The van der Waals surface area contributed by atoms with E-state index in [0.29, 0.717) is 24.9 Å². The number of aromatic nitrogens is 2. The van der Waals surface area contributed by atoms with Gasteiger partial charge in [-0.15, -0.1) is 0 Å². The van der Waals surface area contributed by atoms with E-state index in [1.807, 2.05) is 6.07 Å². The molecular weight excluding hydrogens is 447 g/mol. The van der Waals surface area contributed by atoms with Crippen molar-refractivity contribution >= 4 is 28.6 Å². The summed E-state index contributed by atoms with van der Waals surface area (Å²) in [6.45, 7) is 5.75. The summed E-state index contributed by atoms with van der Waals surface area (Å²) in [4.78, 5) is 32.8. The first kappa shape index (κ1) is 22.7. The lowest BCUT2D eigenvalue weighted by Gasteiger charge is -2.29. The summed E-state index contributed by atoms with van der Waals surface area (Å²) < 4.78 is 21.1. The van der Waals surface area contributed by atoms with Crippen LogP contribution in [0.1, 0.15) is 51.0 Å². The quantitative estimate of drug-likeness (QED) is 0.520. The Morgan fingerprint density at radius 2 is 2.06 bits per heavy atom. The molecule has 1 saturated heterocycles. The van der Waals surface area contributed by atoms with Gasteiger partial charge in [-0.25, -0.2) is 14.2 Å². The van der Waals surface area contributed by atoms with E-state index in [4.69, 9.17) is 21.3 Å². The van der Waals surface area contributed by atoms with Crippen molar-refractivity contribution in [1.29, 1.82) is 5.26 Å². The summed E-state index contributed by atoms with van der Waals surface area (Å²) in [5, 5.41) is 9.69. The highest BCUT2D eigenvalue weighted by atomic mass is 35.5. The van der Waals surface area contributed by atoms with Crippen LogP contribution in [0.4, 0.5) is 9.18 Å². The predicted molar refractivity (Wildman–Crippen MR) is 122 cm³/mol. The van der Waals surface area contributed by atoms with Gasteiger partial charge in [0.15, 0.2) is 0 Å². The SMILES string of the molecule is CC(C)(C)OC(=O)N1CCC[C@H]1c1nc2cccc(Cl)c2c(=O)n1-c1cc(F)cc(C#N)c1. The van der Waals surface area contributed by atoms with E-state index in [1.54, 1.807) is 39.0 Å². The molecule has 170 valence electrons. The molecule has 9 heteroatoms. The number of carbonyl (C=O) groups excluding carboxylic acids is 1. The maximum Gasteiger partial charge on any atom is 0.410 e. The second-order valence-electron chi connectivity index (χ2n) is 8.89. The third-order valence-electron chi connectivity index (χ3n) is 5.32. The fourth-order valence-electron chi connectivity index (χ4n) is 4.02. The van der Waals surface area contributed by atoms with Gasteiger partial charge in [0.25, 0.3) is 5.56 Å². The summed E-state index contributed by atoms with van der Waals surface area (Å²) in [5.74, 6) is -0.413. The number of hydrogen-bond donors (Lipinski definition) is 0. The molecule has 0 bridgehead atoms. The van der Waals surface area contributed by atoms with Crippen LogP contribution in [0.5, 0.6) is 0 Å². The van der Waals surface area contributed by atoms with Gasteiger partial charge in [-0.05, 0) is 63.9 Å². The van der Waals surface area contributed by atoms with Crippen molar-refractivity contribution in [3.8, 4) is 11.8 Å². The third kappa shape index (κ3) is 4.41. The van der Waals surface area contributed by atoms with Gasteiger partial charge in [0.1, 0.15) is 17.2 Å². The molecule has 0 unspecified atom stereocenters. The largest absolute Gasteiger partial charge is 0.444 e. The van der Waals surface area contributed by atoms with Gasteiger partial charge < -0.3 is 4.74 Å². The van der Waals surface area contributed by atoms with Gasteiger partial charge in [0.05, 0.1) is 39.3 Å². The molecule has 0 aliphatic carbocycles. The van der Waals surface area contributed by atoms with E-state index in [9.17, 15) is 19.2 Å². The van der Waals surface area contributed by atoms with E-state index in [-0.39, 0.29) is 27.5 Å². The van der Waals surface area contributed by atoms with Gasteiger partial charge >= 0.3 is 6.09 Å². The Kier molecular flexibility index (Phi) is 5.85. The first-order valence-electron chi connectivity index (χ1n) is 10.5. The van der Waals surface area contributed by atoms with Crippen molar-refractivity contribution in [2.45, 2.75) is 45.3 Å². The minimum absolute atomic E-state index is 0.0533. The standard InChI is InChI=1S/C24H22ClFN4O3/c1-24(2,3)33-23(32)29-9-5-8-19(29)21-28-18-7-4-6-17(25)20(18)22(31)30(21)16-11-14(13-27)10-15(26)12-16/h4,6-7,10-12,19H,5,8-9H2,1-3H3/t19-/m0/s1. The Hall–Kier alpha value is -3.44. The Morgan fingerprint density at radius 1 is 1.30 bits per heavy atom. The van der Waals surface area contributed by atoms with Crippen LogP contribution in [0, 0.1) is 17.1 Å². The van der Waals surface area contributed by atoms with Gasteiger partial charge in [0.2, 0.25) is 0 Å². The summed E-state index contributed by atoms with van der Waals surface area (Å²) >= 11 is 6.31. The number of rotatable bonds is 2. The van der Waals surface area contributed by atoms with Crippen LogP contribution < -0.4 is 5.56 Å². The topological polar surface area (TPSA) is 88.2 Å². The normalized spacial score (nSPS) is 16.1. The van der Waals surface area contributed by atoms with Crippen LogP contribution >= 0.6 is 11.6 Å². The van der Waals surface area contributed by atoms with Crippen molar-refractivity contribution in [3.05, 3.63) is 69.0 Å². The highest BCUT2D eigenvalue weighted by Crippen LogP contribution is 2.34. The van der Waals surface area contributed by atoms with Crippen molar-refractivity contribution in [2.24, 2.45) is 0 Å². The predicted octanol–water partition coefficient (Wildman–Crippen LogP) is 5.12. The van der Waals surface area contributed by atoms with E-state index in [2.05, 4.69) is 0 Å². The molecule has 1 aliphatic rings. The lowest BCUT2D eigenvalue weighted by atomic mass is 10.1. The first-order chi connectivity index (χ1) is 15.6. The molecular formula is C24H22ClFN4O3. The Morgan fingerprint density at radius 3 is 2.76 bits per heavy atom. The number of carbonyl (C=O) groups is 1. The molecule has 1 amide bonds. The molecule has 4 rings (SSSR count). The molecule has 7 nitrogen and oxygen atoms in total. The lowest BCUT2D eigenvalue weighted by Crippen LogP contribution is -2.38. The summed E-state index contributed by atoms with van der Waals surface area (Å²) in [6, 6.07) is 9.89. The van der Waals surface area contributed by atoms with Crippen molar-refractivity contribution in [1.82, 2.24) is 14.5 Å². The number of fused-ring (bicyclic) bond motifs is 1. The van der Waals surface area contributed by atoms with Crippen molar-refractivity contribution in [3.63, 3.8) is 0 Å². The van der Waals surface area contributed by atoms with E-state index in [1.165, 1.54) is 15.5 Å². The highest BCUT2D eigenvalue weighted by Gasteiger charge is 2.36. The molecule has 1 aliphatic heterocycles. The van der Waals surface area contributed by atoms with Crippen LogP contribution in [0.3, 0.4) is 0 Å². The van der Waals surface area contributed by atoms with Crippen molar-refractivity contribution < 1.29 is 13.9 Å². The number of halogens is 2. The second-order valence-corrected chi connectivity index (χ2v) is 9.29. The molecule has 2 aromatic carbocycles. The van der Waals surface area contributed by atoms with E-state index >= 15 is 0 Å². The number of benzene rings is 2. The lowest BCUT2D eigenvalue weighted by molar-refractivity contribution is 0.0216. The molecule has 33 heavy (non-hydrogen) atoms. The van der Waals surface area contributed by atoms with E-state index in [0.717, 1.165) is 12.1 Å². The fraction of sp³-hybridized carbons (Fsp3) is 0.333. The number of nitrogens with zero attached hydrogens (tertiary/aromatic N) is 4. The average molecular weight is 469 g/mol. The van der Waals surface area contributed by atoms with Crippen LogP contribution in [0.2, 0.25) is 5.02 Å². The fourth-order valence-corrected chi connectivity index (χ4v) is 4.27. The van der Waals surface area contributed by atoms with Crippen LogP contribution in [0.25, 0.3) is 16.6 Å². The summed E-state index contributed by atoms with van der Waals surface area (Å²) in [5.41, 5.74) is -0.648. The van der Waals surface area contributed by atoms with Crippen LogP contribution in [-0.4, -0.2) is 32.7 Å². The zero-order valence-corrected chi connectivity index (χ0v) is 19.2. The van der Waals surface area contributed by atoms with Gasteiger partial charge in [0, 0.05) is 6.54 Å². The number of amides is 1. The third-order valence-corrected chi connectivity index (χ3v) is 5.64. The number of likely N-dealkylation sites (tertiary alicyclic amines) is 1. The zero-order chi connectivity index (χ0) is 23.9. The zero-order valence-electron chi connectivity index (χ0n) is 18.4. The highest BCUT2D eigenvalue weighted by molar-refractivity contribution is 6.35. The second kappa shape index (κ2) is 8.49. The maximum atomic E-state index is 14.3. The van der Waals surface area contributed by atoms with Gasteiger partial charge in [-0.2, -0.15) is 5.26 Å². The molecule has 3 aromatic rings. The molecule has 1 fully saturated rings. The maximum absolute atomic E-state index is 14.3. The molecule has 0 saturated carbocycles. The smallest absolute Gasteiger partial charge is 0.410 e. The number of ether oxygens (including phenoxy) is 1. The minimum Gasteiger partial charge on any atom is -0.444 e. The van der Waals surface area contributed by atoms with E-state index < -0.39 is 29.1 Å². The van der Waals surface area contributed by atoms with Crippen LogP contribution in [0.15, 0.2) is 41.2 Å². The Bertz CT molecular complexity index is 1360. The van der Waals surface area contributed by atoms with Crippen LogP contribution in [-0.2, 0) is 4.74 Å². The van der Waals surface area contributed by atoms with Gasteiger partial charge in [-0.1, -0.05) is 17.7 Å². The first-order valence-corrected chi connectivity index (χ1v) is 10.9. The Balaban J connectivity index is 1.97. The number of nitriles is 1. The molecule has 2 heterocycles. The van der Waals surface area contributed by atoms with Crippen molar-refractivity contribution in [2.75, 3.05) is 6.54 Å². The average Bonchev–Trinajstić information content (AvgIpc) is 3.21.